The zero-order valence-electron chi connectivity index (χ0n) is 25.8. The third kappa shape index (κ3) is 5.70. The molecule has 3 aromatic heterocycles. The molecule has 44 heavy (non-hydrogen) atoms. The lowest BCUT2D eigenvalue weighted by Crippen LogP contribution is -2.44. The monoisotopic (exact) mass is 613 g/mol. The van der Waals surface area contributed by atoms with Crippen molar-refractivity contribution in [2.45, 2.75) is 26.8 Å². The molecule has 2 fully saturated rings. The van der Waals surface area contributed by atoms with Crippen LogP contribution >= 0.6 is 11.3 Å². The van der Waals surface area contributed by atoms with E-state index in [-0.39, 0.29) is 17.5 Å². The SMILES string of the molecule is CC.CC1COCCN1c1cc(=O)n2cccc(-c3cccc4c3sc3ccc(N(C)C(=O)CN5CCOCC5)cc34)c2n1. The van der Waals surface area contributed by atoms with E-state index in [0.29, 0.717) is 51.0 Å². The number of rotatable bonds is 5. The van der Waals surface area contributed by atoms with Gasteiger partial charge in [0.15, 0.2) is 0 Å². The molecule has 0 saturated carbocycles. The Kier molecular flexibility index (Phi) is 8.95. The number of morpholine rings is 2. The number of benzene rings is 2. The van der Waals surface area contributed by atoms with Gasteiger partial charge >= 0.3 is 0 Å². The number of hydrogen-bond acceptors (Lipinski definition) is 8. The van der Waals surface area contributed by atoms with Gasteiger partial charge in [-0.2, -0.15) is 0 Å². The molecule has 2 aromatic carbocycles. The number of likely N-dealkylation sites (N-methyl/N-ethyl adjacent to an activating group) is 1. The molecule has 1 amide bonds. The molecule has 0 aliphatic carbocycles. The Balaban J connectivity index is 0.00000168. The average Bonchev–Trinajstić information content (AvgIpc) is 3.44. The molecule has 10 heteroatoms. The fourth-order valence-corrected chi connectivity index (χ4v) is 7.16. The minimum Gasteiger partial charge on any atom is -0.379 e. The standard InChI is InChI=1S/C32H33N5O4S.C2H6/c1-21-20-41-16-13-36(21)28-18-29(38)37-10-4-7-25(32(37)33-28)23-5-3-6-24-26-17-22(8-9-27(26)42-31(23)24)34(2)30(39)19-35-11-14-40-15-12-35;1-2/h3-10,17-18,21H,11-16,19-20H2,1-2H3;1-2H3. The number of pyridine rings is 1. The van der Waals surface area contributed by atoms with Gasteiger partial charge in [0.05, 0.1) is 39.0 Å². The zero-order valence-corrected chi connectivity index (χ0v) is 26.6. The van der Waals surface area contributed by atoms with Crippen molar-refractivity contribution in [3.8, 4) is 11.1 Å². The number of carbonyl (C=O) groups excluding carboxylic acids is 1. The molecule has 0 radical (unpaired) electrons. The molecule has 0 spiro atoms. The number of anilines is 2. The molecule has 0 N–H and O–H groups in total. The maximum Gasteiger partial charge on any atom is 0.259 e. The first-order valence-electron chi connectivity index (χ1n) is 15.4. The van der Waals surface area contributed by atoms with Crippen molar-refractivity contribution >= 4 is 54.6 Å². The second kappa shape index (κ2) is 13.0. The van der Waals surface area contributed by atoms with Crippen LogP contribution < -0.4 is 15.4 Å². The topological polar surface area (TPSA) is 79.6 Å². The lowest BCUT2D eigenvalue weighted by atomic mass is 10.0. The highest BCUT2D eigenvalue weighted by molar-refractivity contribution is 7.26. The minimum atomic E-state index is -0.103. The van der Waals surface area contributed by atoms with Gasteiger partial charge in [0.2, 0.25) is 5.91 Å². The number of aromatic nitrogens is 2. The van der Waals surface area contributed by atoms with E-state index in [9.17, 15) is 9.59 Å². The van der Waals surface area contributed by atoms with Gasteiger partial charge in [-0.1, -0.05) is 32.0 Å². The molecule has 0 bridgehead atoms. The fraction of sp³-hybridized carbons (Fsp3) is 0.382. The second-order valence-electron chi connectivity index (χ2n) is 11.0. The normalized spacial score (nSPS) is 17.5. The smallest absolute Gasteiger partial charge is 0.259 e. The Labute approximate surface area is 261 Å². The van der Waals surface area contributed by atoms with Crippen LogP contribution in [0.1, 0.15) is 20.8 Å². The Morgan fingerprint density at radius 3 is 2.55 bits per heavy atom. The second-order valence-corrected chi connectivity index (χ2v) is 12.0. The number of nitrogens with zero attached hydrogens (tertiary/aromatic N) is 5. The number of thiophene rings is 1. The molecule has 9 nitrogen and oxygen atoms in total. The molecular formula is C34H39N5O4S. The maximum atomic E-state index is 13.2. The fourth-order valence-electron chi connectivity index (χ4n) is 5.95. The van der Waals surface area contributed by atoms with Crippen molar-refractivity contribution < 1.29 is 14.3 Å². The Morgan fingerprint density at radius 1 is 0.977 bits per heavy atom. The number of ether oxygens (including phenoxy) is 2. The average molecular weight is 614 g/mol. The summed E-state index contributed by atoms with van der Waals surface area (Å²) in [6, 6.07) is 18.2. The predicted molar refractivity (Wildman–Crippen MR) is 179 cm³/mol. The van der Waals surface area contributed by atoms with Crippen molar-refractivity contribution in [3.63, 3.8) is 0 Å². The van der Waals surface area contributed by atoms with Crippen LogP contribution in [0.5, 0.6) is 0 Å². The van der Waals surface area contributed by atoms with Crippen LogP contribution in [0.3, 0.4) is 0 Å². The number of hydrogen-bond donors (Lipinski definition) is 0. The lowest BCUT2D eigenvalue weighted by Gasteiger charge is -2.34. The van der Waals surface area contributed by atoms with Crippen molar-refractivity contribution in [2.75, 3.05) is 69.5 Å². The van der Waals surface area contributed by atoms with Gasteiger partial charge in [-0.3, -0.25) is 18.9 Å². The van der Waals surface area contributed by atoms with Crippen molar-refractivity contribution in [2.24, 2.45) is 0 Å². The van der Waals surface area contributed by atoms with E-state index in [0.717, 1.165) is 50.1 Å². The first kappa shape index (κ1) is 30.2. The van der Waals surface area contributed by atoms with Gasteiger partial charge in [0, 0.05) is 75.9 Å². The van der Waals surface area contributed by atoms with E-state index in [2.05, 4.69) is 47.1 Å². The van der Waals surface area contributed by atoms with Crippen LogP contribution in [-0.4, -0.2) is 85.9 Å². The molecule has 230 valence electrons. The molecule has 5 aromatic rings. The summed E-state index contributed by atoms with van der Waals surface area (Å²) < 4.78 is 14.9. The van der Waals surface area contributed by atoms with E-state index in [1.165, 1.54) is 0 Å². The first-order chi connectivity index (χ1) is 21.5. The van der Waals surface area contributed by atoms with E-state index < -0.39 is 0 Å². The Bertz CT molecular complexity index is 1860. The number of carbonyl (C=O) groups is 1. The molecule has 1 unspecified atom stereocenters. The van der Waals surface area contributed by atoms with Crippen LogP contribution in [0.25, 0.3) is 36.9 Å². The summed E-state index contributed by atoms with van der Waals surface area (Å²) in [6.45, 7) is 11.3. The lowest BCUT2D eigenvalue weighted by molar-refractivity contribution is -0.120. The van der Waals surface area contributed by atoms with Gasteiger partial charge in [-0.25, -0.2) is 4.98 Å². The van der Waals surface area contributed by atoms with Gasteiger partial charge in [0.25, 0.3) is 5.56 Å². The summed E-state index contributed by atoms with van der Waals surface area (Å²) in [5, 5.41) is 2.22. The van der Waals surface area contributed by atoms with Crippen molar-refractivity contribution in [1.82, 2.24) is 14.3 Å². The highest BCUT2D eigenvalue weighted by atomic mass is 32.1. The van der Waals surface area contributed by atoms with Crippen LogP contribution in [-0.2, 0) is 14.3 Å². The summed E-state index contributed by atoms with van der Waals surface area (Å²) >= 11 is 1.72. The van der Waals surface area contributed by atoms with Gasteiger partial charge < -0.3 is 19.3 Å². The van der Waals surface area contributed by atoms with Crippen molar-refractivity contribution in [1.29, 1.82) is 0 Å². The van der Waals surface area contributed by atoms with Crippen LogP contribution in [0.4, 0.5) is 11.5 Å². The molecule has 7 rings (SSSR count). The van der Waals surface area contributed by atoms with E-state index >= 15 is 0 Å². The molecule has 2 saturated heterocycles. The zero-order chi connectivity index (χ0) is 30.8. The van der Waals surface area contributed by atoms with Crippen LogP contribution in [0, 0.1) is 0 Å². The highest BCUT2D eigenvalue weighted by Crippen LogP contribution is 2.42. The summed E-state index contributed by atoms with van der Waals surface area (Å²) in [7, 11) is 1.84. The Hall–Kier alpha value is -3.83. The summed E-state index contributed by atoms with van der Waals surface area (Å²) in [5.74, 6) is 0.746. The van der Waals surface area contributed by atoms with Crippen molar-refractivity contribution in [3.05, 3.63) is 71.1 Å². The van der Waals surface area contributed by atoms with Gasteiger partial charge in [-0.05, 0) is 37.3 Å². The van der Waals surface area contributed by atoms with Gasteiger partial charge in [-0.15, -0.1) is 11.3 Å². The maximum absolute atomic E-state index is 13.2. The largest absolute Gasteiger partial charge is 0.379 e. The number of amides is 1. The van der Waals surface area contributed by atoms with E-state index in [1.54, 1.807) is 32.9 Å². The first-order valence-corrected chi connectivity index (χ1v) is 16.2. The van der Waals surface area contributed by atoms with Gasteiger partial charge in [0.1, 0.15) is 11.5 Å². The van der Waals surface area contributed by atoms with E-state index in [1.807, 2.05) is 39.1 Å². The van der Waals surface area contributed by atoms with Crippen LogP contribution in [0.15, 0.2) is 65.6 Å². The quantitative estimate of drug-likeness (QED) is 0.267. The minimum absolute atomic E-state index is 0.0640. The number of fused-ring (bicyclic) bond motifs is 4. The third-order valence-corrected chi connectivity index (χ3v) is 9.55. The summed E-state index contributed by atoms with van der Waals surface area (Å²) in [6.07, 6.45) is 1.78. The van der Waals surface area contributed by atoms with Crippen LogP contribution in [0.2, 0.25) is 0 Å². The molecule has 2 aliphatic rings. The summed E-state index contributed by atoms with van der Waals surface area (Å²) in [5.41, 5.74) is 3.34. The predicted octanol–water partition coefficient (Wildman–Crippen LogP) is 5.28. The molecule has 2 aliphatic heterocycles. The third-order valence-electron chi connectivity index (χ3n) is 8.33. The van der Waals surface area contributed by atoms with E-state index in [4.69, 9.17) is 14.5 Å². The Morgan fingerprint density at radius 2 is 1.75 bits per heavy atom. The molecule has 5 heterocycles. The molecular weight excluding hydrogens is 574 g/mol. The highest BCUT2D eigenvalue weighted by Gasteiger charge is 2.23. The summed E-state index contributed by atoms with van der Waals surface area (Å²) in [4.78, 5) is 37.4. The molecule has 1 atom stereocenters.